The molecular formula is C16H12BrClN6OS. The number of benzene rings is 1. The van der Waals surface area contributed by atoms with Gasteiger partial charge >= 0.3 is 0 Å². The molecule has 3 aromatic rings. The topological polar surface area (TPSA) is 96.5 Å². The summed E-state index contributed by atoms with van der Waals surface area (Å²) in [5.41, 5.74) is 0.431. The van der Waals surface area contributed by atoms with E-state index in [1.54, 1.807) is 36.7 Å². The largest absolute Gasteiger partial charge is 0.342 e. The lowest BCUT2D eigenvalue weighted by atomic mass is 10.2. The van der Waals surface area contributed by atoms with Gasteiger partial charge in [-0.1, -0.05) is 38.9 Å². The van der Waals surface area contributed by atoms with E-state index in [0.29, 0.717) is 36.7 Å². The molecule has 0 aliphatic heterocycles. The lowest BCUT2D eigenvalue weighted by Gasteiger charge is -2.14. The number of carbonyl (C=O) groups excluding carboxylic acids is 1. The number of nitrogens with zero attached hydrogens (tertiary/aromatic N) is 5. The Balaban J connectivity index is 1.87. The highest BCUT2D eigenvalue weighted by molar-refractivity contribution is 9.10. The number of rotatable bonds is 4. The second-order valence-corrected chi connectivity index (χ2v) is 7.76. The fraction of sp³-hybridized carbons (Fsp3) is 0.188. The SMILES string of the molecule is Cc1nc([C@H](C)NC(=O)c2cc(Cl)cc(Br)c2)n(-c2ncc(C#N)s2)n1. The van der Waals surface area contributed by atoms with Crippen LogP contribution in [0.25, 0.3) is 5.13 Å². The van der Waals surface area contributed by atoms with E-state index >= 15 is 0 Å². The second kappa shape index (κ2) is 7.53. The summed E-state index contributed by atoms with van der Waals surface area (Å²) in [4.78, 5) is 21.6. The maximum atomic E-state index is 12.5. The first-order valence-electron chi connectivity index (χ1n) is 7.44. The van der Waals surface area contributed by atoms with E-state index in [0.717, 1.165) is 0 Å². The second-order valence-electron chi connectivity index (χ2n) is 5.40. The number of carbonyl (C=O) groups is 1. The molecule has 0 aliphatic carbocycles. The summed E-state index contributed by atoms with van der Waals surface area (Å²) in [5, 5.41) is 17.2. The predicted molar refractivity (Wildman–Crippen MR) is 102 cm³/mol. The van der Waals surface area contributed by atoms with Gasteiger partial charge in [0.05, 0.1) is 12.2 Å². The summed E-state index contributed by atoms with van der Waals surface area (Å²) >= 11 is 10.5. The molecule has 0 aliphatic rings. The van der Waals surface area contributed by atoms with Crippen LogP contribution in [-0.2, 0) is 0 Å². The van der Waals surface area contributed by atoms with Crippen LogP contribution in [0.1, 0.15) is 39.8 Å². The highest BCUT2D eigenvalue weighted by Gasteiger charge is 2.21. The van der Waals surface area contributed by atoms with Gasteiger partial charge in [-0.15, -0.1) is 5.10 Å². The molecule has 0 bridgehead atoms. The first-order chi connectivity index (χ1) is 12.4. The number of nitrogens with one attached hydrogen (secondary N) is 1. The van der Waals surface area contributed by atoms with Crippen LogP contribution >= 0.6 is 38.9 Å². The van der Waals surface area contributed by atoms with Gasteiger partial charge in [-0.25, -0.2) is 9.97 Å². The monoisotopic (exact) mass is 450 g/mol. The van der Waals surface area contributed by atoms with Crippen LogP contribution in [0.4, 0.5) is 0 Å². The molecule has 0 spiro atoms. The van der Waals surface area contributed by atoms with Crippen molar-refractivity contribution in [2.45, 2.75) is 19.9 Å². The number of aryl methyl sites for hydroxylation is 1. The zero-order valence-corrected chi connectivity index (χ0v) is 16.9. The molecule has 1 amide bonds. The minimum atomic E-state index is -0.434. The molecule has 26 heavy (non-hydrogen) atoms. The maximum absolute atomic E-state index is 12.5. The molecule has 1 aromatic carbocycles. The third-order valence-electron chi connectivity index (χ3n) is 3.38. The van der Waals surface area contributed by atoms with E-state index in [1.807, 2.05) is 6.07 Å². The van der Waals surface area contributed by atoms with E-state index in [1.165, 1.54) is 17.5 Å². The first kappa shape index (κ1) is 18.5. The fourth-order valence-corrected chi connectivity index (χ4v) is 3.83. The summed E-state index contributed by atoms with van der Waals surface area (Å²) in [6, 6.07) is 6.59. The van der Waals surface area contributed by atoms with Gasteiger partial charge < -0.3 is 5.32 Å². The van der Waals surface area contributed by atoms with E-state index in [9.17, 15) is 4.79 Å². The van der Waals surface area contributed by atoms with E-state index in [2.05, 4.69) is 36.3 Å². The van der Waals surface area contributed by atoms with Crippen molar-refractivity contribution in [1.29, 1.82) is 5.26 Å². The lowest BCUT2D eigenvalue weighted by molar-refractivity contribution is 0.0938. The Kier molecular flexibility index (Phi) is 5.36. The highest BCUT2D eigenvalue weighted by atomic mass is 79.9. The summed E-state index contributed by atoms with van der Waals surface area (Å²) < 4.78 is 2.26. The number of halogens is 2. The van der Waals surface area contributed by atoms with Crippen LogP contribution in [0.3, 0.4) is 0 Å². The van der Waals surface area contributed by atoms with Crippen molar-refractivity contribution in [3.63, 3.8) is 0 Å². The van der Waals surface area contributed by atoms with Crippen LogP contribution in [0.15, 0.2) is 28.9 Å². The molecule has 132 valence electrons. The number of aromatic nitrogens is 4. The van der Waals surface area contributed by atoms with Crippen LogP contribution in [0.2, 0.25) is 5.02 Å². The minimum absolute atomic E-state index is 0.287. The van der Waals surface area contributed by atoms with Crippen molar-refractivity contribution in [2.75, 3.05) is 0 Å². The molecule has 0 unspecified atom stereocenters. The smallest absolute Gasteiger partial charge is 0.251 e. The van der Waals surface area contributed by atoms with E-state index in [-0.39, 0.29) is 5.91 Å². The molecule has 10 heteroatoms. The molecule has 1 N–H and O–H groups in total. The van der Waals surface area contributed by atoms with Gasteiger partial charge in [0.25, 0.3) is 5.91 Å². The molecule has 1 atom stereocenters. The number of amides is 1. The van der Waals surface area contributed by atoms with Gasteiger partial charge in [-0.2, -0.15) is 9.94 Å². The van der Waals surface area contributed by atoms with Crippen molar-refractivity contribution in [3.05, 3.63) is 56.0 Å². The van der Waals surface area contributed by atoms with Crippen LogP contribution in [-0.4, -0.2) is 25.7 Å². The molecule has 0 fully saturated rings. The van der Waals surface area contributed by atoms with Crippen molar-refractivity contribution in [3.8, 4) is 11.2 Å². The van der Waals surface area contributed by atoms with E-state index in [4.69, 9.17) is 16.9 Å². The summed E-state index contributed by atoms with van der Waals surface area (Å²) in [7, 11) is 0. The minimum Gasteiger partial charge on any atom is -0.342 e. The zero-order chi connectivity index (χ0) is 18.8. The van der Waals surface area contributed by atoms with E-state index < -0.39 is 6.04 Å². The maximum Gasteiger partial charge on any atom is 0.251 e. The van der Waals surface area contributed by atoms with Gasteiger partial charge in [0, 0.05) is 15.1 Å². The first-order valence-corrected chi connectivity index (χ1v) is 9.43. The third-order valence-corrected chi connectivity index (χ3v) is 4.94. The average Bonchev–Trinajstić information content (AvgIpc) is 3.19. The van der Waals surface area contributed by atoms with Crippen LogP contribution in [0.5, 0.6) is 0 Å². The molecule has 7 nitrogen and oxygen atoms in total. The summed E-state index contributed by atoms with van der Waals surface area (Å²) in [6.45, 7) is 3.55. The van der Waals surface area contributed by atoms with Gasteiger partial charge in [0.15, 0.2) is 5.82 Å². The normalized spacial score (nSPS) is 11.8. The molecule has 0 radical (unpaired) electrons. The molecular weight excluding hydrogens is 440 g/mol. The van der Waals surface area contributed by atoms with Gasteiger partial charge in [-0.05, 0) is 32.0 Å². The van der Waals surface area contributed by atoms with Gasteiger partial charge in [0.1, 0.15) is 16.8 Å². The Morgan fingerprint density at radius 1 is 1.46 bits per heavy atom. The third kappa shape index (κ3) is 3.93. The Morgan fingerprint density at radius 2 is 2.23 bits per heavy atom. The van der Waals surface area contributed by atoms with Crippen molar-refractivity contribution in [1.82, 2.24) is 25.1 Å². The molecule has 2 heterocycles. The number of nitriles is 1. The standard InChI is InChI=1S/C16H12BrClN6OS/c1-8(21-15(25)10-3-11(17)5-12(18)4-10)14-22-9(2)23-24(14)16-20-7-13(6-19)26-16/h3-5,7-8H,1-2H3,(H,21,25)/t8-/m0/s1. The average molecular weight is 452 g/mol. The molecule has 0 saturated heterocycles. The number of thiazole rings is 1. The zero-order valence-electron chi connectivity index (χ0n) is 13.7. The van der Waals surface area contributed by atoms with Gasteiger partial charge in [0.2, 0.25) is 5.13 Å². The Hall–Kier alpha value is -2.28. The summed E-state index contributed by atoms with van der Waals surface area (Å²) in [6.07, 6.45) is 1.48. The quantitative estimate of drug-likeness (QED) is 0.650. The van der Waals surface area contributed by atoms with Crippen molar-refractivity contribution in [2.24, 2.45) is 0 Å². The predicted octanol–water partition coefficient (Wildman–Crippen LogP) is 3.81. The van der Waals surface area contributed by atoms with Crippen LogP contribution in [0, 0.1) is 18.3 Å². The highest BCUT2D eigenvalue weighted by Crippen LogP contribution is 2.22. The van der Waals surface area contributed by atoms with Crippen molar-refractivity contribution < 1.29 is 4.79 Å². The Labute approximate surface area is 166 Å². The Morgan fingerprint density at radius 3 is 2.88 bits per heavy atom. The number of hydrogen-bond acceptors (Lipinski definition) is 6. The van der Waals surface area contributed by atoms with Gasteiger partial charge in [-0.3, -0.25) is 4.79 Å². The van der Waals surface area contributed by atoms with Crippen LogP contribution < -0.4 is 5.32 Å². The summed E-state index contributed by atoms with van der Waals surface area (Å²) in [5.74, 6) is 0.779. The lowest BCUT2D eigenvalue weighted by Crippen LogP contribution is -2.28. The number of hydrogen-bond donors (Lipinski definition) is 1. The van der Waals surface area contributed by atoms with Crippen molar-refractivity contribution >= 4 is 44.8 Å². The fourth-order valence-electron chi connectivity index (χ4n) is 2.30. The molecule has 2 aromatic heterocycles. The Bertz CT molecular complexity index is 1000. The molecule has 0 saturated carbocycles. The molecule has 3 rings (SSSR count).